The fourth-order valence-electron chi connectivity index (χ4n) is 1.96. The Labute approximate surface area is 118 Å². The number of aliphatic hydroxyl groups is 1. The topological polar surface area (TPSA) is 40.5 Å². The zero-order valence-corrected chi connectivity index (χ0v) is 11.5. The Balaban J connectivity index is 2.14. The van der Waals surface area contributed by atoms with Crippen molar-refractivity contribution in [3.05, 3.63) is 35.1 Å². The molecule has 4 heteroatoms. The fraction of sp³-hybridized carbons (Fsp3) is 0.438. The zero-order chi connectivity index (χ0) is 14.5. The molecule has 0 atom stereocenters. The molecule has 0 heterocycles. The second kappa shape index (κ2) is 6.53. The SMILES string of the molecule is CN(CC1CC1)C(=O)c1cc(C#CCCO)ccc1F. The molecule has 1 aromatic carbocycles. The maximum atomic E-state index is 13.8. The van der Waals surface area contributed by atoms with Gasteiger partial charge in [0.15, 0.2) is 0 Å². The summed E-state index contributed by atoms with van der Waals surface area (Å²) < 4.78 is 13.8. The van der Waals surface area contributed by atoms with E-state index in [0.29, 0.717) is 24.4 Å². The molecular formula is C16H18FNO2. The maximum absolute atomic E-state index is 13.8. The van der Waals surface area contributed by atoms with Crippen LogP contribution in [0.15, 0.2) is 18.2 Å². The summed E-state index contributed by atoms with van der Waals surface area (Å²) in [6.07, 6.45) is 2.65. The summed E-state index contributed by atoms with van der Waals surface area (Å²) in [6, 6.07) is 4.28. The molecule has 1 fully saturated rings. The third kappa shape index (κ3) is 3.82. The molecule has 0 aromatic heterocycles. The minimum absolute atomic E-state index is 0.00981. The summed E-state index contributed by atoms with van der Waals surface area (Å²) in [7, 11) is 1.70. The van der Waals surface area contributed by atoms with Crippen LogP contribution < -0.4 is 0 Å². The molecule has 1 N–H and O–H groups in total. The van der Waals surface area contributed by atoms with Crippen LogP contribution in [0.25, 0.3) is 0 Å². The second-order valence-corrected chi connectivity index (χ2v) is 5.10. The number of amides is 1. The summed E-state index contributed by atoms with van der Waals surface area (Å²) in [5, 5.41) is 8.67. The number of hydrogen-bond acceptors (Lipinski definition) is 2. The van der Waals surface area contributed by atoms with Crippen LogP contribution in [0, 0.1) is 23.6 Å². The second-order valence-electron chi connectivity index (χ2n) is 5.10. The molecule has 0 bridgehead atoms. The van der Waals surface area contributed by atoms with Crippen molar-refractivity contribution in [1.82, 2.24) is 4.90 Å². The normalized spacial score (nSPS) is 13.6. The van der Waals surface area contributed by atoms with Crippen molar-refractivity contribution in [2.45, 2.75) is 19.3 Å². The smallest absolute Gasteiger partial charge is 0.256 e. The summed E-state index contributed by atoms with van der Waals surface area (Å²) in [4.78, 5) is 13.8. The monoisotopic (exact) mass is 275 g/mol. The average molecular weight is 275 g/mol. The molecular weight excluding hydrogens is 257 g/mol. The molecule has 3 nitrogen and oxygen atoms in total. The van der Waals surface area contributed by atoms with Gasteiger partial charge in [0.2, 0.25) is 0 Å². The predicted molar refractivity (Wildman–Crippen MR) is 74.7 cm³/mol. The van der Waals surface area contributed by atoms with Gasteiger partial charge in [-0.1, -0.05) is 11.8 Å². The predicted octanol–water partition coefficient (Wildman–Crippen LogP) is 2.04. The van der Waals surface area contributed by atoms with Crippen LogP contribution in [0.5, 0.6) is 0 Å². The van der Waals surface area contributed by atoms with Crippen LogP contribution in [0.3, 0.4) is 0 Å². The molecule has 0 saturated heterocycles. The molecule has 0 unspecified atom stereocenters. The van der Waals surface area contributed by atoms with E-state index in [4.69, 9.17) is 5.11 Å². The lowest BCUT2D eigenvalue weighted by Gasteiger charge is -2.17. The lowest BCUT2D eigenvalue weighted by atomic mass is 10.1. The largest absolute Gasteiger partial charge is 0.395 e. The van der Waals surface area contributed by atoms with Crippen molar-refractivity contribution < 1.29 is 14.3 Å². The third-order valence-corrected chi connectivity index (χ3v) is 3.24. The van der Waals surface area contributed by atoms with Crippen LogP contribution in [0.4, 0.5) is 4.39 Å². The highest BCUT2D eigenvalue weighted by Gasteiger charge is 2.26. The standard InChI is InChI=1S/C16H18FNO2/c1-18(11-13-5-6-13)16(20)14-10-12(4-2-3-9-19)7-8-15(14)17/h7-8,10,13,19H,3,5-6,9,11H2,1H3. The Morgan fingerprint density at radius 2 is 2.25 bits per heavy atom. The Hall–Kier alpha value is -1.86. The number of benzene rings is 1. The third-order valence-electron chi connectivity index (χ3n) is 3.24. The molecule has 20 heavy (non-hydrogen) atoms. The first kappa shape index (κ1) is 14.5. The quantitative estimate of drug-likeness (QED) is 0.854. The van der Waals surface area contributed by atoms with Gasteiger partial charge < -0.3 is 10.0 Å². The van der Waals surface area contributed by atoms with Gasteiger partial charge in [-0.05, 0) is 37.0 Å². The van der Waals surface area contributed by atoms with E-state index in [-0.39, 0.29) is 18.1 Å². The minimum atomic E-state index is -0.523. The van der Waals surface area contributed by atoms with Crippen LogP contribution >= 0.6 is 0 Å². The summed E-state index contributed by atoms with van der Waals surface area (Å²) >= 11 is 0. The van der Waals surface area contributed by atoms with Crippen molar-refractivity contribution in [1.29, 1.82) is 0 Å². The van der Waals surface area contributed by atoms with E-state index in [1.807, 2.05) is 0 Å². The maximum Gasteiger partial charge on any atom is 0.256 e. The highest BCUT2D eigenvalue weighted by Crippen LogP contribution is 2.29. The minimum Gasteiger partial charge on any atom is -0.395 e. The van der Waals surface area contributed by atoms with Crippen LogP contribution in [0.1, 0.15) is 35.2 Å². The Bertz CT molecular complexity index is 555. The van der Waals surface area contributed by atoms with E-state index in [1.165, 1.54) is 18.2 Å². The van der Waals surface area contributed by atoms with Crippen molar-refractivity contribution >= 4 is 5.91 Å². The molecule has 1 aliphatic carbocycles. The molecule has 1 saturated carbocycles. The van der Waals surface area contributed by atoms with Crippen molar-refractivity contribution in [2.24, 2.45) is 5.92 Å². The summed E-state index contributed by atoms with van der Waals surface area (Å²) in [5.41, 5.74) is 0.645. The molecule has 2 rings (SSSR count). The van der Waals surface area contributed by atoms with Crippen molar-refractivity contribution in [2.75, 3.05) is 20.2 Å². The molecule has 1 amide bonds. The van der Waals surface area contributed by atoms with E-state index >= 15 is 0 Å². The van der Waals surface area contributed by atoms with E-state index in [9.17, 15) is 9.18 Å². The van der Waals surface area contributed by atoms with Gasteiger partial charge in [-0.25, -0.2) is 4.39 Å². The zero-order valence-electron chi connectivity index (χ0n) is 11.5. The van der Waals surface area contributed by atoms with E-state index in [2.05, 4.69) is 11.8 Å². The Kier molecular flexibility index (Phi) is 4.75. The number of carbonyl (C=O) groups is 1. The molecule has 106 valence electrons. The molecule has 0 radical (unpaired) electrons. The number of halogens is 1. The first-order chi connectivity index (χ1) is 9.61. The van der Waals surface area contributed by atoms with Gasteiger partial charge in [-0.15, -0.1) is 0 Å². The first-order valence-corrected chi connectivity index (χ1v) is 6.76. The van der Waals surface area contributed by atoms with Gasteiger partial charge in [0.1, 0.15) is 5.82 Å². The Morgan fingerprint density at radius 3 is 2.90 bits per heavy atom. The number of aliphatic hydroxyl groups excluding tert-OH is 1. The summed E-state index contributed by atoms with van der Waals surface area (Å²) in [6.45, 7) is 0.669. The number of rotatable bonds is 4. The highest BCUT2D eigenvalue weighted by molar-refractivity contribution is 5.94. The molecule has 1 aromatic rings. The molecule has 1 aliphatic rings. The van der Waals surface area contributed by atoms with Crippen molar-refractivity contribution in [3.8, 4) is 11.8 Å². The van der Waals surface area contributed by atoms with E-state index < -0.39 is 5.82 Å². The number of hydrogen-bond donors (Lipinski definition) is 1. The fourth-order valence-corrected chi connectivity index (χ4v) is 1.96. The first-order valence-electron chi connectivity index (χ1n) is 6.76. The lowest BCUT2D eigenvalue weighted by Crippen LogP contribution is -2.29. The van der Waals surface area contributed by atoms with Crippen LogP contribution in [-0.4, -0.2) is 36.1 Å². The van der Waals surface area contributed by atoms with E-state index in [1.54, 1.807) is 11.9 Å². The van der Waals surface area contributed by atoms with Gasteiger partial charge in [0.25, 0.3) is 5.91 Å². The van der Waals surface area contributed by atoms with Crippen molar-refractivity contribution in [3.63, 3.8) is 0 Å². The van der Waals surface area contributed by atoms with Crippen LogP contribution in [-0.2, 0) is 0 Å². The van der Waals surface area contributed by atoms with Gasteiger partial charge >= 0.3 is 0 Å². The highest BCUT2D eigenvalue weighted by atomic mass is 19.1. The summed E-state index contributed by atoms with van der Waals surface area (Å²) in [5.74, 6) is 5.31. The van der Waals surface area contributed by atoms with Gasteiger partial charge in [0, 0.05) is 25.6 Å². The van der Waals surface area contributed by atoms with E-state index in [0.717, 1.165) is 12.8 Å². The van der Waals surface area contributed by atoms with Gasteiger partial charge in [-0.3, -0.25) is 4.79 Å². The lowest BCUT2D eigenvalue weighted by molar-refractivity contribution is 0.0784. The molecule has 0 aliphatic heterocycles. The average Bonchev–Trinajstić information content (AvgIpc) is 3.24. The van der Waals surface area contributed by atoms with Gasteiger partial charge in [0.05, 0.1) is 12.2 Å². The van der Waals surface area contributed by atoms with Gasteiger partial charge in [-0.2, -0.15) is 0 Å². The number of nitrogens with zero attached hydrogens (tertiary/aromatic N) is 1. The number of carbonyl (C=O) groups excluding carboxylic acids is 1. The van der Waals surface area contributed by atoms with Crippen LogP contribution in [0.2, 0.25) is 0 Å². The Morgan fingerprint density at radius 1 is 1.50 bits per heavy atom. The molecule has 0 spiro atoms.